The molecule has 0 N–H and O–H groups in total. The molecule has 2 aromatic rings. The molecule has 0 saturated carbocycles. The number of aryl methyl sites for hydroxylation is 1. The summed E-state index contributed by atoms with van der Waals surface area (Å²) in [6.07, 6.45) is 10.0. The van der Waals surface area contributed by atoms with Crippen LogP contribution in [0.5, 0.6) is 0 Å². The summed E-state index contributed by atoms with van der Waals surface area (Å²) in [6.45, 7) is 2.25. The van der Waals surface area contributed by atoms with Crippen molar-refractivity contribution in [3.8, 4) is 0 Å². The zero-order chi connectivity index (χ0) is 15.8. The molecule has 0 aliphatic rings. The zero-order valence-corrected chi connectivity index (χ0v) is 14.9. The fourth-order valence-corrected chi connectivity index (χ4v) is 3.41. The van der Waals surface area contributed by atoms with E-state index in [2.05, 4.69) is 53.2 Å². The van der Waals surface area contributed by atoms with Gasteiger partial charge < -0.3 is 4.79 Å². The van der Waals surface area contributed by atoms with Crippen LogP contribution in [0.25, 0.3) is 10.8 Å². The van der Waals surface area contributed by atoms with E-state index in [0.717, 1.165) is 18.3 Å². The first kappa shape index (κ1) is 17.2. The van der Waals surface area contributed by atoms with Crippen LogP contribution in [-0.4, -0.2) is 6.29 Å². The summed E-state index contributed by atoms with van der Waals surface area (Å²) in [6, 6.07) is 12.7. The van der Waals surface area contributed by atoms with Crippen molar-refractivity contribution in [2.24, 2.45) is 0 Å². The Kier molecular flexibility index (Phi) is 7.11. The minimum Gasteiger partial charge on any atom is -0.302 e. The molecule has 0 spiro atoms. The molecule has 0 aliphatic heterocycles. The van der Waals surface area contributed by atoms with E-state index in [9.17, 15) is 4.79 Å². The van der Waals surface area contributed by atoms with Crippen LogP contribution in [0.1, 0.15) is 61.4 Å². The lowest BCUT2D eigenvalue weighted by Crippen LogP contribution is -1.96. The number of halogens is 1. The highest BCUT2D eigenvalue weighted by molar-refractivity contribution is 9.09. The summed E-state index contributed by atoms with van der Waals surface area (Å²) in [5.74, 6) is 0. The number of benzene rings is 2. The molecule has 0 aliphatic carbocycles. The number of rotatable bonds is 9. The molecule has 118 valence electrons. The maximum Gasteiger partial charge on any atom is 0.138 e. The molecule has 22 heavy (non-hydrogen) atoms. The second kappa shape index (κ2) is 9.09. The summed E-state index contributed by atoms with van der Waals surface area (Å²) < 4.78 is 0. The van der Waals surface area contributed by atoms with E-state index >= 15 is 0 Å². The van der Waals surface area contributed by atoms with Gasteiger partial charge in [0.1, 0.15) is 6.29 Å². The van der Waals surface area contributed by atoms with Crippen LogP contribution in [0.4, 0.5) is 0 Å². The van der Waals surface area contributed by atoms with E-state index in [-0.39, 0.29) is 4.83 Å². The van der Waals surface area contributed by atoms with Crippen molar-refractivity contribution in [3.05, 3.63) is 47.5 Å². The number of hydrogen-bond acceptors (Lipinski definition) is 1. The molecule has 2 heteroatoms. The van der Waals surface area contributed by atoms with Crippen molar-refractivity contribution in [1.82, 2.24) is 0 Å². The first-order valence-corrected chi connectivity index (χ1v) is 9.29. The predicted molar refractivity (Wildman–Crippen MR) is 98.8 cm³/mol. The van der Waals surface area contributed by atoms with Crippen LogP contribution in [0.15, 0.2) is 36.4 Å². The van der Waals surface area contributed by atoms with E-state index < -0.39 is 0 Å². The van der Waals surface area contributed by atoms with Crippen molar-refractivity contribution in [3.63, 3.8) is 0 Å². The average Bonchev–Trinajstić information content (AvgIpc) is 2.57. The zero-order valence-electron chi connectivity index (χ0n) is 13.4. The topological polar surface area (TPSA) is 17.1 Å². The Hall–Kier alpha value is -1.15. The molecule has 2 rings (SSSR count). The fraction of sp³-hybridized carbons (Fsp3) is 0.450. The summed E-state index contributed by atoms with van der Waals surface area (Å²) in [5.41, 5.74) is 2.47. The molecule has 0 radical (unpaired) electrons. The smallest absolute Gasteiger partial charge is 0.138 e. The number of carbonyl (C=O) groups is 1. The van der Waals surface area contributed by atoms with Crippen molar-refractivity contribution >= 4 is 33.0 Å². The molecule has 0 bridgehead atoms. The highest BCUT2D eigenvalue weighted by Gasteiger charge is 2.11. The summed E-state index contributed by atoms with van der Waals surface area (Å²) in [5, 5.41) is 2.49. The Labute approximate surface area is 142 Å². The molecule has 0 aromatic heterocycles. The van der Waals surface area contributed by atoms with Crippen molar-refractivity contribution < 1.29 is 4.79 Å². The van der Waals surface area contributed by atoms with Gasteiger partial charge in [-0.3, -0.25) is 0 Å². The first-order chi connectivity index (χ1) is 10.8. The van der Waals surface area contributed by atoms with Gasteiger partial charge in [0, 0.05) is 0 Å². The summed E-state index contributed by atoms with van der Waals surface area (Å²) in [4.78, 5) is 10.9. The summed E-state index contributed by atoms with van der Waals surface area (Å²) in [7, 11) is 0. The standard InChI is InChI=1S/C20H25BrO/c1-2-3-4-5-6-7-10-16-13-14-19(20(21)15-22)18-12-9-8-11-17(16)18/h8-9,11-15,20H,2-7,10H2,1H3. The van der Waals surface area contributed by atoms with Crippen molar-refractivity contribution in [1.29, 1.82) is 0 Å². The van der Waals surface area contributed by atoms with E-state index in [1.165, 1.54) is 54.9 Å². The molecule has 2 aromatic carbocycles. The van der Waals surface area contributed by atoms with Gasteiger partial charge in [0.2, 0.25) is 0 Å². The van der Waals surface area contributed by atoms with Gasteiger partial charge in [-0.1, -0.05) is 91.4 Å². The molecule has 0 amide bonds. The van der Waals surface area contributed by atoms with E-state index in [1.807, 2.05) is 6.07 Å². The van der Waals surface area contributed by atoms with Gasteiger partial charge in [-0.15, -0.1) is 0 Å². The maximum atomic E-state index is 11.1. The second-order valence-electron chi connectivity index (χ2n) is 5.92. The van der Waals surface area contributed by atoms with Crippen molar-refractivity contribution in [2.45, 2.75) is 56.7 Å². The molecule has 1 nitrogen and oxygen atoms in total. The van der Waals surface area contributed by atoms with Crippen molar-refractivity contribution in [2.75, 3.05) is 0 Å². The Bertz CT molecular complexity index is 606. The van der Waals surface area contributed by atoms with Gasteiger partial charge in [-0.2, -0.15) is 0 Å². The molecule has 0 heterocycles. The third-order valence-electron chi connectivity index (χ3n) is 4.26. The molecular formula is C20H25BrO. The SMILES string of the molecule is CCCCCCCCc1ccc(C(Br)C=O)c2ccccc12. The van der Waals surface area contributed by atoms with E-state index in [0.29, 0.717) is 0 Å². The van der Waals surface area contributed by atoms with Crippen LogP contribution >= 0.6 is 15.9 Å². The van der Waals surface area contributed by atoms with Crippen LogP contribution in [-0.2, 0) is 11.2 Å². The normalized spacial score (nSPS) is 12.5. The highest BCUT2D eigenvalue weighted by atomic mass is 79.9. The van der Waals surface area contributed by atoms with Crippen LogP contribution in [0.2, 0.25) is 0 Å². The van der Waals surface area contributed by atoms with Gasteiger partial charge >= 0.3 is 0 Å². The van der Waals surface area contributed by atoms with Gasteiger partial charge in [-0.25, -0.2) is 0 Å². The fourth-order valence-electron chi connectivity index (χ4n) is 3.01. The number of aldehydes is 1. The second-order valence-corrected chi connectivity index (χ2v) is 6.90. The van der Waals surface area contributed by atoms with Gasteiger partial charge in [-0.05, 0) is 34.7 Å². The van der Waals surface area contributed by atoms with E-state index in [4.69, 9.17) is 0 Å². The lowest BCUT2D eigenvalue weighted by atomic mass is 9.95. The average molecular weight is 361 g/mol. The van der Waals surface area contributed by atoms with Crippen LogP contribution < -0.4 is 0 Å². The largest absolute Gasteiger partial charge is 0.302 e. The van der Waals surface area contributed by atoms with E-state index in [1.54, 1.807) is 0 Å². The summed E-state index contributed by atoms with van der Waals surface area (Å²) >= 11 is 3.45. The number of alkyl halides is 1. The minimum absolute atomic E-state index is 0.222. The molecule has 0 saturated heterocycles. The number of hydrogen-bond donors (Lipinski definition) is 0. The number of carbonyl (C=O) groups excluding carboxylic acids is 1. The monoisotopic (exact) mass is 360 g/mol. The Morgan fingerprint density at radius 2 is 1.64 bits per heavy atom. The van der Waals surface area contributed by atoms with Gasteiger partial charge in [0.05, 0.1) is 4.83 Å². The molecule has 1 unspecified atom stereocenters. The Morgan fingerprint density at radius 1 is 0.955 bits per heavy atom. The highest BCUT2D eigenvalue weighted by Crippen LogP contribution is 2.31. The predicted octanol–water partition coefficient (Wildman–Crippen LogP) is 6.38. The molecular weight excluding hydrogens is 336 g/mol. The quantitative estimate of drug-likeness (QED) is 0.288. The minimum atomic E-state index is -0.222. The number of unbranched alkanes of at least 4 members (excludes halogenated alkanes) is 5. The third-order valence-corrected chi connectivity index (χ3v) is 4.97. The Morgan fingerprint density at radius 3 is 2.36 bits per heavy atom. The molecule has 0 fully saturated rings. The lowest BCUT2D eigenvalue weighted by Gasteiger charge is -2.12. The van der Waals surface area contributed by atoms with Crippen LogP contribution in [0.3, 0.4) is 0 Å². The lowest BCUT2D eigenvalue weighted by molar-refractivity contribution is -0.107. The third kappa shape index (κ3) is 4.42. The maximum absolute atomic E-state index is 11.1. The number of fused-ring (bicyclic) bond motifs is 1. The first-order valence-electron chi connectivity index (χ1n) is 8.37. The Balaban J connectivity index is 2.09. The van der Waals surface area contributed by atoms with Gasteiger partial charge in [0.15, 0.2) is 0 Å². The van der Waals surface area contributed by atoms with Gasteiger partial charge in [0.25, 0.3) is 0 Å². The van der Waals surface area contributed by atoms with Crippen LogP contribution in [0, 0.1) is 0 Å². The molecule has 1 atom stereocenters.